The molecule has 0 fully saturated rings. The van der Waals surface area contributed by atoms with Gasteiger partial charge in [-0.3, -0.25) is 9.59 Å². The summed E-state index contributed by atoms with van der Waals surface area (Å²) in [5.41, 5.74) is 2.75. The van der Waals surface area contributed by atoms with Gasteiger partial charge in [0, 0.05) is 24.6 Å². The van der Waals surface area contributed by atoms with E-state index in [9.17, 15) is 9.59 Å². The minimum atomic E-state index is -0.822. The number of ketones is 1. The maximum atomic E-state index is 13.0. The number of aromatic nitrogens is 3. The van der Waals surface area contributed by atoms with Crippen LogP contribution in [0.1, 0.15) is 46.0 Å². The highest BCUT2D eigenvalue weighted by Gasteiger charge is 2.27. The van der Waals surface area contributed by atoms with Gasteiger partial charge in [-0.25, -0.2) is 0 Å². The van der Waals surface area contributed by atoms with Gasteiger partial charge in [0.15, 0.2) is 11.3 Å². The molecule has 0 amide bonds. The highest BCUT2D eigenvalue weighted by Crippen LogP contribution is 2.29. The van der Waals surface area contributed by atoms with E-state index in [0.29, 0.717) is 27.7 Å². The van der Waals surface area contributed by atoms with Crippen LogP contribution >= 0.6 is 23.2 Å². The Bertz CT molecular complexity index is 1030. The van der Waals surface area contributed by atoms with Crippen molar-refractivity contribution in [1.82, 2.24) is 14.8 Å². The van der Waals surface area contributed by atoms with Crippen molar-refractivity contribution in [3.63, 3.8) is 0 Å². The number of esters is 1. The van der Waals surface area contributed by atoms with E-state index in [1.165, 1.54) is 6.92 Å². The van der Waals surface area contributed by atoms with Crippen LogP contribution in [0.2, 0.25) is 10.2 Å². The fraction of sp³-hybridized carbons (Fsp3) is 0.200. The quantitative estimate of drug-likeness (QED) is 0.456. The lowest BCUT2D eigenvalue weighted by atomic mass is 10.1. The van der Waals surface area contributed by atoms with Crippen molar-refractivity contribution in [1.29, 1.82) is 0 Å². The van der Waals surface area contributed by atoms with E-state index < -0.39 is 12.1 Å². The standard InChI is InChI=1S/C20H17Cl2N3O3/c1-11-10-16(20(28-12(2)26)15-8-9-17(22)24-23-15)25(3)18(11)19(27)13-4-6-14(21)7-5-13/h4-10,20H,1-3H3. The van der Waals surface area contributed by atoms with Crippen LogP contribution in [-0.2, 0) is 16.6 Å². The Balaban J connectivity index is 2.06. The third kappa shape index (κ3) is 4.08. The van der Waals surface area contributed by atoms with Crippen molar-refractivity contribution in [3.05, 3.63) is 80.8 Å². The summed E-state index contributed by atoms with van der Waals surface area (Å²) < 4.78 is 7.18. The monoisotopic (exact) mass is 417 g/mol. The van der Waals surface area contributed by atoms with Gasteiger partial charge >= 0.3 is 5.97 Å². The highest BCUT2D eigenvalue weighted by molar-refractivity contribution is 6.30. The van der Waals surface area contributed by atoms with E-state index in [4.69, 9.17) is 27.9 Å². The molecule has 0 bridgehead atoms. The average Bonchev–Trinajstić information content (AvgIpc) is 2.94. The number of nitrogens with zero attached hydrogens (tertiary/aromatic N) is 3. The second kappa shape index (κ2) is 8.12. The molecule has 6 nitrogen and oxygen atoms in total. The lowest BCUT2D eigenvalue weighted by Gasteiger charge is -2.18. The van der Waals surface area contributed by atoms with Crippen molar-refractivity contribution in [2.75, 3.05) is 0 Å². The zero-order valence-electron chi connectivity index (χ0n) is 15.4. The van der Waals surface area contributed by atoms with E-state index >= 15 is 0 Å². The lowest BCUT2D eigenvalue weighted by molar-refractivity contribution is -0.145. The van der Waals surface area contributed by atoms with Gasteiger partial charge in [-0.1, -0.05) is 23.2 Å². The molecule has 0 N–H and O–H groups in total. The van der Waals surface area contributed by atoms with E-state index in [1.54, 1.807) is 54.1 Å². The molecule has 2 aromatic heterocycles. The summed E-state index contributed by atoms with van der Waals surface area (Å²) in [7, 11) is 1.74. The summed E-state index contributed by atoms with van der Waals surface area (Å²) in [6.07, 6.45) is -0.822. The fourth-order valence-electron chi connectivity index (χ4n) is 3.01. The smallest absolute Gasteiger partial charge is 0.303 e. The van der Waals surface area contributed by atoms with Crippen LogP contribution in [0.3, 0.4) is 0 Å². The number of aryl methyl sites for hydroxylation is 1. The summed E-state index contributed by atoms with van der Waals surface area (Å²) in [4.78, 5) is 24.7. The number of rotatable bonds is 5. The Kier molecular flexibility index (Phi) is 5.82. The summed E-state index contributed by atoms with van der Waals surface area (Å²) in [5, 5.41) is 8.63. The number of carbonyl (C=O) groups excluding carboxylic acids is 2. The Labute approximate surface area is 172 Å². The van der Waals surface area contributed by atoms with E-state index in [0.717, 1.165) is 5.56 Å². The van der Waals surface area contributed by atoms with Crippen molar-refractivity contribution in [3.8, 4) is 0 Å². The van der Waals surface area contributed by atoms with Crippen LogP contribution in [0.5, 0.6) is 0 Å². The third-order valence-corrected chi connectivity index (χ3v) is 4.71. The molecule has 3 rings (SSSR count). The van der Waals surface area contributed by atoms with E-state index in [-0.39, 0.29) is 10.9 Å². The number of hydrogen-bond acceptors (Lipinski definition) is 5. The van der Waals surface area contributed by atoms with E-state index in [1.807, 2.05) is 6.92 Å². The molecule has 0 radical (unpaired) electrons. The largest absolute Gasteiger partial charge is 0.449 e. The minimum absolute atomic E-state index is 0.160. The molecule has 0 saturated carbocycles. The Morgan fingerprint density at radius 3 is 2.32 bits per heavy atom. The summed E-state index contributed by atoms with van der Waals surface area (Å²) in [5.74, 6) is -0.641. The first kappa shape index (κ1) is 20.0. The summed E-state index contributed by atoms with van der Waals surface area (Å²) in [6.45, 7) is 3.14. The molecule has 2 heterocycles. The number of halogens is 2. The molecule has 0 saturated heterocycles. The maximum Gasteiger partial charge on any atom is 0.303 e. The molecule has 1 aromatic carbocycles. The fourth-order valence-corrected chi connectivity index (χ4v) is 3.23. The molecule has 3 aromatic rings. The molecule has 0 aliphatic rings. The summed E-state index contributed by atoms with van der Waals surface area (Å²) in [6, 6.07) is 11.7. The molecular formula is C20H17Cl2N3O3. The number of carbonyl (C=O) groups is 2. The van der Waals surface area contributed by atoms with Gasteiger partial charge in [0.2, 0.25) is 5.78 Å². The van der Waals surface area contributed by atoms with Gasteiger partial charge < -0.3 is 9.30 Å². The molecular weight excluding hydrogens is 401 g/mol. The first-order valence-corrected chi connectivity index (χ1v) is 9.16. The average molecular weight is 418 g/mol. The van der Waals surface area contributed by atoms with Gasteiger partial charge in [0.05, 0.1) is 11.4 Å². The predicted molar refractivity (Wildman–Crippen MR) is 106 cm³/mol. The Hall–Kier alpha value is -2.70. The van der Waals surface area contributed by atoms with Crippen LogP contribution in [0, 0.1) is 6.92 Å². The molecule has 0 aliphatic heterocycles. The second-order valence-corrected chi connectivity index (χ2v) is 7.09. The highest BCUT2D eigenvalue weighted by atomic mass is 35.5. The SMILES string of the molecule is CC(=O)OC(c1ccc(Cl)nn1)c1cc(C)c(C(=O)c2ccc(Cl)cc2)n1C. The molecule has 0 aliphatic carbocycles. The first-order chi connectivity index (χ1) is 13.3. The van der Waals surface area contributed by atoms with Crippen LogP contribution < -0.4 is 0 Å². The topological polar surface area (TPSA) is 74.1 Å². The maximum absolute atomic E-state index is 13.0. The lowest BCUT2D eigenvalue weighted by Crippen LogP contribution is -2.17. The summed E-state index contributed by atoms with van der Waals surface area (Å²) >= 11 is 11.7. The van der Waals surface area contributed by atoms with Crippen LogP contribution in [-0.4, -0.2) is 26.5 Å². The molecule has 8 heteroatoms. The molecule has 144 valence electrons. The van der Waals surface area contributed by atoms with Crippen molar-refractivity contribution in [2.45, 2.75) is 20.0 Å². The first-order valence-electron chi connectivity index (χ1n) is 8.40. The van der Waals surface area contributed by atoms with Gasteiger partial charge in [0.1, 0.15) is 5.69 Å². The number of ether oxygens (including phenoxy) is 1. The van der Waals surface area contributed by atoms with Crippen LogP contribution in [0.4, 0.5) is 0 Å². The predicted octanol–water partition coefficient (Wildman–Crippen LogP) is 4.31. The van der Waals surface area contributed by atoms with Crippen molar-refractivity contribution >= 4 is 35.0 Å². The number of benzene rings is 1. The molecule has 28 heavy (non-hydrogen) atoms. The number of hydrogen-bond donors (Lipinski definition) is 0. The zero-order chi connectivity index (χ0) is 20.4. The van der Waals surface area contributed by atoms with Gasteiger partial charge in [-0.15, -0.1) is 10.2 Å². The molecule has 1 unspecified atom stereocenters. The van der Waals surface area contributed by atoms with E-state index in [2.05, 4.69) is 10.2 Å². The van der Waals surface area contributed by atoms with Gasteiger partial charge in [0.25, 0.3) is 0 Å². The van der Waals surface area contributed by atoms with Crippen molar-refractivity contribution in [2.24, 2.45) is 7.05 Å². The minimum Gasteiger partial charge on any atom is -0.449 e. The third-order valence-electron chi connectivity index (χ3n) is 4.26. The van der Waals surface area contributed by atoms with Crippen LogP contribution in [0.25, 0.3) is 0 Å². The molecule has 1 atom stereocenters. The zero-order valence-corrected chi connectivity index (χ0v) is 17.0. The Morgan fingerprint density at radius 1 is 1.07 bits per heavy atom. The second-order valence-electron chi connectivity index (χ2n) is 6.27. The Morgan fingerprint density at radius 2 is 1.75 bits per heavy atom. The normalized spacial score (nSPS) is 11.9. The van der Waals surface area contributed by atoms with Crippen molar-refractivity contribution < 1.29 is 14.3 Å². The molecule has 0 spiro atoms. The van der Waals surface area contributed by atoms with Crippen LogP contribution in [0.15, 0.2) is 42.5 Å². The van der Waals surface area contributed by atoms with Gasteiger partial charge in [-0.05, 0) is 55.0 Å². The van der Waals surface area contributed by atoms with Gasteiger partial charge in [-0.2, -0.15) is 0 Å².